The first-order valence-corrected chi connectivity index (χ1v) is 8.96. The molecule has 3 aromatic rings. The highest BCUT2D eigenvalue weighted by molar-refractivity contribution is 7.99. The second-order valence-corrected chi connectivity index (χ2v) is 6.64. The Morgan fingerprint density at radius 1 is 1.04 bits per heavy atom. The van der Waals surface area contributed by atoms with E-state index in [1.807, 2.05) is 43.3 Å². The predicted molar refractivity (Wildman–Crippen MR) is 101 cm³/mol. The standard InChI is InChI=1S/C20H18N2O2S/c1-14-11-20(22-17-10-6-5-9-16(14)17)25-13-19(24)21-12-18(23)15-7-3-2-4-8-15/h2-11H,12-13H2,1H3,(H,21,24). The quantitative estimate of drug-likeness (QED) is 0.545. The van der Waals surface area contributed by atoms with E-state index >= 15 is 0 Å². The first-order chi connectivity index (χ1) is 12.1. The number of Topliss-reactive ketones (excluding diaryl/α,β-unsaturated/α-hetero) is 1. The third kappa shape index (κ3) is 4.45. The fourth-order valence-corrected chi connectivity index (χ4v) is 3.29. The van der Waals surface area contributed by atoms with E-state index in [0.717, 1.165) is 21.5 Å². The Bertz CT molecular complexity index is 910. The van der Waals surface area contributed by atoms with Gasteiger partial charge in [-0.3, -0.25) is 9.59 Å². The SMILES string of the molecule is Cc1cc(SCC(=O)NCC(=O)c2ccccc2)nc2ccccc12. The van der Waals surface area contributed by atoms with Crippen molar-refractivity contribution in [2.45, 2.75) is 11.9 Å². The molecule has 0 bridgehead atoms. The van der Waals surface area contributed by atoms with E-state index in [1.54, 1.807) is 24.3 Å². The van der Waals surface area contributed by atoms with Crippen LogP contribution in [0.3, 0.4) is 0 Å². The van der Waals surface area contributed by atoms with Gasteiger partial charge in [0, 0.05) is 10.9 Å². The molecule has 0 saturated carbocycles. The van der Waals surface area contributed by atoms with E-state index in [9.17, 15) is 9.59 Å². The Balaban J connectivity index is 1.55. The predicted octanol–water partition coefficient (Wildman–Crippen LogP) is 3.63. The molecule has 0 radical (unpaired) electrons. The maximum absolute atomic E-state index is 12.0. The van der Waals surface area contributed by atoms with Crippen molar-refractivity contribution >= 4 is 34.4 Å². The highest BCUT2D eigenvalue weighted by Gasteiger charge is 2.09. The van der Waals surface area contributed by atoms with Gasteiger partial charge in [-0.15, -0.1) is 0 Å². The lowest BCUT2D eigenvalue weighted by Gasteiger charge is -2.07. The van der Waals surface area contributed by atoms with Crippen molar-refractivity contribution in [1.82, 2.24) is 10.3 Å². The molecule has 1 amide bonds. The summed E-state index contributed by atoms with van der Waals surface area (Å²) in [5.41, 5.74) is 2.65. The Hall–Kier alpha value is -2.66. The number of pyridine rings is 1. The number of para-hydroxylation sites is 1. The van der Waals surface area contributed by atoms with Crippen molar-refractivity contribution < 1.29 is 9.59 Å². The zero-order valence-electron chi connectivity index (χ0n) is 13.9. The van der Waals surface area contributed by atoms with Gasteiger partial charge in [-0.05, 0) is 24.6 Å². The van der Waals surface area contributed by atoms with Gasteiger partial charge < -0.3 is 5.32 Å². The van der Waals surface area contributed by atoms with Crippen LogP contribution in [0.2, 0.25) is 0 Å². The highest BCUT2D eigenvalue weighted by Crippen LogP contribution is 2.23. The number of thioether (sulfide) groups is 1. The van der Waals surface area contributed by atoms with Crippen LogP contribution < -0.4 is 5.32 Å². The summed E-state index contributed by atoms with van der Waals surface area (Å²) >= 11 is 1.37. The van der Waals surface area contributed by atoms with Gasteiger partial charge in [-0.2, -0.15) is 0 Å². The molecule has 0 aliphatic carbocycles. The van der Waals surface area contributed by atoms with Crippen LogP contribution in [-0.2, 0) is 4.79 Å². The molecule has 0 aliphatic heterocycles. The lowest BCUT2D eigenvalue weighted by Crippen LogP contribution is -2.30. The molecule has 126 valence electrons. The molecule has 0 atom stereocenters. The van der Waals surface area contributed by atoms with Crippen molar-refractivity contribution in [3.8, 4) is 0 Å². The molecular weight excluding hydrogens is 332 g/mol. The van der Waals surface area contributed by atoms with Crippen molar-refractivity contribution in [1.29, 1.82) is 0 Å². The summed E-state index contributed by atoms with van der Waals surface area (Å²) in [6.07, 6.45) is 0. The summed E-state index contributed by atoms with van der Waals surface area (Å²) in [6.45, 7) is 2.04. The number of nitrogens with zero attached hydrogens (tertiary/aromatic N) is 1. The van der Waals surface area contributed by atoms with Crippen LogP contribution >= 0.6 is 11.8 Å². The normalized spacial score (nSPS) is 10.6. The van der Waals surface area contributed by atoms with E-state index in [2.05, 4.69) is 10.3 Å². The van der Waals surface area contributed by atoms with E-state index in [1.165, 1.54) is 11.8 Å². The third-order valence-corrected chi connectivity index (χ3v) is 4.70. The van der Waals surface area contributed by atoms with Gasteiger partial charge in [0.05, 0.1) is 22.8 Å². The van der Waals surface area contributed by atoms with Crippen LogP contribution in [0.15, 0.2) is 65.7 Å². The first kappa shape index (κ1) is 17.2. The maximum Gasteiger partial charge on any atom is 0.230 e. The first-order valence-electron chi connectivity index (χ1n) is 7.97. The average molecular weight is 350 g/mol. The second kappa shape index (κ2) is 7.94. The minimum Gasteiger partial charge on any atom is -0.348 e. The summed E-state index contributed by atoms with van der Waals surface area (Å²) in [7, 11) is 0. The van der Waals surface area contributed by atoms with Crippen molar-refractivity contribution in [2.24, 2.45) is 0 Å². The number of aryl methyl sites for hydroxylation is 1. The van der Waals surface area contributed by atoms with Crippen LogP contribution in [0.5, 0.6) is 0 Å². The van der Waals surface area contributed by atoms with Crippen LogP contribution in [0.4, 0.5) is 0 Å². The fourth-order valence-electron chi connectivity index (χ4n) is 2.49. The number of aromatic nitrogens is 1. The number of fused-ring (bicyclic) bond motifs is 1. The van der Waals surface area contributed by atoms with Crippen LogP contribution in [0.25, 0.3) is 10.9 Å². The zero-order valence-corrected chi connectivity index (χ0v) is 14.7. The molecule has 1 N–H and O–H groups in total. The summed E-state index contributed by atoms with van der Waals surface area (Å²) in [5.74, 6) is -0.0483. The van der Waals surface area contributed by atoms with Gasteiger partial charge in [0.25, 0.3) is 0 Å². The smallest absolute Gasteiger partial charge is 0.230 e. The molecule has 5 heteroatoms. The molecular formula is C20H18N2O2S. The minimum atomic E-state index is -0.179. The monoisotopic (exact) mass is 350 g/mol. The Labute approximate surface area is 150 Å². The lowest BCUT2D eigenvalue weighted by molar-refractivity contribution is -0.118. The second-order valence-electron chi connectivity index (χ2n) is 5.65. The molecule has 0 unspecified atom stereocenters. The molecule has 0 saturated heterocycles. The molecule has 2 aromatic carbocycles. The van der Waals surface area contributed by atoms with Gasteiger partial charge in [0.15, 0.2) is 5.78 Å². The number of hydrogen-bond acceptors (Lipinski definition) is 4. The number of ketones is 1. The van der Waals surface area contributed by atoms with Crippen molar-refractivity contribution in [3.63, 3.8) is 0 Å². The van der Waals surface area contributed by atoms with Gasteiger partial charge >= 0.3 is 0 Å². The van der Waals surface area contributed by atoms with Gasteiger partial charge in [-0.1, -0.05) is 60.3 Å². The topological polar surface area (TPSA) is 59.1 Å². The third-order valence-electron chi connectivity index (χ3n) is 3.79. The maximum atomic E-state index is 12.0. The molecule has 3 rings (SSSR count). The highest BCUT2D eigenvalue weighted by atomic mass is 32.2. The van der Waals surface area contributed by atoms with Crippen molar-refractivity contribution in [3.05, 3.63) is 71.8 Å². The lowest BCUT2D eigenvalue weighted by atomic mass is 10.1. The molecule has 0 spiro atoms. The van der Waals surface area contributed by atoms with E-state index < -0.39 is 0 Å². The Morgan fingerprint density at radius 2 is 1.76 bits per heavy atom. The number of nitrogens with one attached hydrogen (secondary N) is 1. The molecule has 0 fully saturated rings. The molecule has 4 nitrogen and oxygen atoms in total. The number of amides is 1. The number of benzene rings is 2. The van der Waals surface area contributed by atoms with E-state index in [0.29, 0.717) is 5.56 Å². The molecule has 1 heterocycles. The van der Waals surface area contributed by atoms with E-state index in [4.69, 9.17) is 0 Å². The summed E-state index contributed by atoms with van der Waals surface area (Å²) in [6, 6.07) is 18.9. The minimum absolute atomic E-state index is 0.00752. The van der Waals surface area contributed by atoms with Crippen LogP contribution in [-0.4, -0.2) is 29.0 Å². The zero-order chi connectivity index (χ0) is 17.6. The summed E-state index contributed by atoms with van der Waals surface area (Å²) in [5, 5.41) is 4.59. The largest absolute Gasteiger partial charge is 0.348 e. The van der Waals surface area contributed by atoms with Gasteiger partial charge in [0.1, 0.15) is 0 Å². The number of carbonyl (C=O) groups is 2. The molecule has 0 aliphatic rings. The summed E-state index contributed by atoms with van der Waals surface area (Å²) in [4.78, 5) is 28.5. The number of carbonyl (C=O) groups excluding carboxylic acids is 2. The molecule has 1 aromatic heterocycles. The van der Waals surface area contributed by atoms with Gasteiger partial charge in [-0.25, -0.2) is 4.98 Å². The number of hydrogen-bond donors (Lipinski definition) is 1. The van der Waals surface area contributed by atoms with Crippen LogP contribution in [0.1, 0.15) is 15.9 Å². The Morgan fingerprint density at radius 3 is 2.56 bits per heavy atom. The van der Waals surface area contributed by atoms with E-state index in [-0.39, 0.29) is 24.0 Å². The van der Waals surface area contributed by atoms with Crippen LogP contribution in [0, 0.1) is 6.92 Å². The van der Waals surface area contributed by atoms with Gasteiger partial charge in [0.2, 0.25) is 5.91 Å². The van der Waals surface area contributed by atoms with Crippen molar-refractivity contribution in [2.75, 3.05) is 12.3 Å². The molecule has 25 heavy (non-hydrogen) atoms. The summed E-state index contributed by atoms with van der Waals surface area (Å²) < 4.78 is 0. The Kier molecular flexibility index (Phi) is 5.46. The average Bonchev–Trinajstić information content (AvgIpc) is 2.65. The number of rotatable bonds is 6. The fraction of sp³-hybridized carbons (Fsp3) is 0.150.